The molecule has 2 aromatic carbocycles. The van der Waals surface area contributed by atoms with E-state index in [1.165, 1.54) is 16.8 Å². The summed E-state index contributed by atoms with van der Waals surface area (Å²) in [6, 6.07) is 18.8. The van der Waals surface area contributed by atoms with E-state index in [0.717, 1.165) is 17.8 Å². The molecular weight excluding hydrogens is 426 g/mol. The van der Waals surface area contributed by atoms with Crippen LogP contribution < -0.4 is 9.80 Å². The highest BCUT2D eigenvalue weighted by atomic mass is 16.2. The van der Waals surface area contributed by atoms with Crippen molar-refractivity contribution in [2.24, 2.45) is 0 Å². The van der Waals surface area contributed by atoms with E-state index in [1.54, 1.807) is 4.90 Å². The fraction of sp³-hybridized carbons (Fsp3) is 0.370. The highest BCUT2D eigenvalue weighted by Gasteiger charge is 2.32. The first-order valence-corrected chi connectivity index (χ1v) is 12.0. The first-order chi connectivity index (χ1) is 16.4. The largest absolute Gasteiger partial charge is 0.365 e. The Bertz CT molecular complexity index is 1220. The lowest BCUT2D eigenvalue weighted by molar-refractivity contribution is -0.132. The van der Waals surface area contributed by atoms with Crippen LogP contribution in [0.25, 0.3) is 11.3 Å². The van der Waals surface area contributed by atoms with Crippen molar-refractivity contribution in [2.75, 3.05) is 36.0 Å². The molecule has 0 aliphatic carbocycles. The maximum absolute atomic E-state index is 13.3. The Balaban J connectivity index is 1.30. The molecule has 1 atom stereocenters. The first-order valence-electron chi connectivity index (χ1n) is 12.0. The molecular formula is C27H31N5O2. The number of carbonyl (C=O) groups excluding carboxylic acids is 2. The third-order valence-electron chi connectivity index (χ3n) is 6.83. The van der Waals surface area contributed by atoms with E-state index < -0.39 is 0 Å². The average molecular weight is 458 g/mol. The molecule has 0 saturated carbocycles. The molecule has 0 N–H and O–H groups in total. The van der Waals surface area contributed by atoms with Crippen molar-refractivity contribution in [3.63, 3.8) is 0 Å². The van der Waals surface area contributed by atoms with Crippen LogP contribution in [0.4, 0.5) is 11.5 Å². The molecule has 176 valence electrons. The number of hydrogen-bond acceptors (Lipinski definition) is 4. The van der Waals surface area contributed by atoms with Gasteiger partial charge in [-0.25, -0.2) is 4.68 Å². The Morgan fingerprint density at radius 1 is 1.00 bits per heavy atom. The Kier molecular flexibility index (Phi) is 5.86. The van der Waals surface area contributed by atoms with Crippen LogP contribution in [0.3, 0.4) is 0 Å². The monoisotopic (exact) mass is 457 g/mol. The molecule has 3 aromatic rings. The van der Waals surface area contributed by atoms with Gasteiger partial charge in [-0.3, -0.25) is 14.5 Å². The molecule has 3 heterocycles. The zero-order valence-corrected chi connectivity index (χ0v) is 20.1. The molecule has 0 bridgehead atoms. The van der Waals surface area contributed by atoms with Crippen LogP contribution in [0.1, 0.15) is 24.5 Å². The maximum Gasteiger partial charge on any atom is 0.242 e. The van der Waals surface area contributed by atoms with E-state index in [4.69, 9.17) is 5.10 Å². The maximum atomic E-state index is 13.3. The quantitative estimate of drug-likeness (QED) is 0.600. The van der Waals surface area contributed by atoms with Gasteiger partial charge in [0.05, 0.1) is 12.2 Å². The molecule has 0 spiro atoms. The number of carbonyl (C=O) groups is 2. The van der Waals surface area contributed by atoms with E-state index in [2.05, 4.69) is 62.1 Å². The van der Waals surface area contributed by atoms with Gasteiger partial charge in [-0.15, -0.1) is 0 Å². The summed E-state index contributed by atoms with van der Waals surface area (Å²) >= 11 is 0. The van der Waals surface area contributed by atoms with Gasteiger partial charge < -0.3 is 9.80 Å². The van der Waals surface area contributed by atoms with Crippen LogP contribution in [0.2, 0.25) is 0 Å². The van der Waals surface area contributed by atoms with Crippen LogP contribution in [0, 0.1) is 13.8 Å². The van der Waals surface area contributed by atoms with Gasteiger partial charge in [0.15, 0.2) is 0 Å². The lowest BCUT2D eigenvalue weighted by Crippen LogP contribution is -2.56. The van der Waals surface area contributed by atoms with Gasteiger partial charge in [0.2, 0.25) is 11.8 Å². The molecule has 1 aromatic heterocycles. The van der Waals surface area contributed by atoms with E-state index >= 15 is 0 Å². The van der Waals surface area contributed by atoms with Crippen LogP contribution in [0.5, 0.6) is 0 Å². The predicted octanol–water partition coefficient (Wildman–Crippen LogP) is 3.64. The summed E-state index contributed by atoms with van der Waals surface area (Å²) in [5, 5.41) is 4.71. The molecule has 2 aliphatic rings. The third-order valence-corrected chi connectivity index (χ3v) is 6.83. The minimum atomic E-state index is -0.0253. The number of amides is 2. The molecule has 5 rings (SSSR count). The molecule has 1 fully saturated rings. The molecule has 2 amide bonds. The summed E-state index contributed by atoms with van der Waals surface area (Å²) in [6.07, 6.45) is 0.354. The number of nitrogens with zero attached hydrogens (tertiary/aromatic N) is 5. The molecule has 34 heavy (non-hydrogen) atoms. The van der Waals surface area contributed by atoms with Crippen molar-refractivity contribution < 1.29 is 9.59 Å². The highest BCUT2D eigenvalue weighted by Crippen LogP contribution is 2.29. The third kappa shape index (κ3) is 4.30. The lowest BCUT2D eigenvalue weighted by atomic mass is 10.1. The summed E-state index contributed by atoms with van der Waals surface area (Å²) < 4.78 is 1.85. The molecule has 1 saturated heterocycles. The Morgan fingerprint density at radius 2 is 1.79 bits per heavy atom. The van der Waals surface area contributed by atoms with Gasteiger partial charge in [-0.1, -0.05) is 42.0 Å². The molecule has 7 heteroatoms. The lowest BCUT2D eigenvalue weighted by Gasteiger charge is -2.42. The average Bonchev–Trinajstić information content (AvgIpc) is 3.26. The van der Waals surface area contributed by atoms with Crippen LogP contribution in [-0.4, -0.2) is 58.7 Å². The SMILES string of the molecule is Cc1ccc(-c2cc3n(n2)CCC(=O)N3CC(=O)N2CCN(c3cccc(C)c3)[C@H](C)C2)cc1. The number of aromatic nitrogens is 2. The zero-order chi connectivity index (χ0) is 23.8. The second-order valence-corrected chi connectivity index (χ2v) is 9.43. The van der Waals surface area contributed by atoms with E-state index in [9.17, 15) is 9.59 Å². The summed E-state index contributed by atoms with van der Waals surface area (Å²) in [4.78, 5) is 31.9. The van der Waals surface area contributed by atoms with Crippen molar-refractivity contribution in [1.82, 2.24) is 14.7 Å². The number of anilines is 2. The van der Waals surface area contributed by atoms with Crippen molar-refractivity contribution in [1.29, 1.82) is 0 Å². The fourth-order valence-electron chi connectivity index (χ4n) is 4.90. The summed E-state index contributed by atoms with van der Waals surface area (Å²) in [7, 11) is 0. The van der Waals surface area contributed by atoms with Crippen molar-refractivity contribution >= 4 is 23.3 Å². The number of hydrogen-bond donors (Lipinski definition) is 0. The minimum Gasteiger partial charge on any atom is -0.365 e. The number of piperazine rings is 1. The van der Waals surface area contributed by atoms with Crippen molar-refractivity contribution in [3.8, 4) is 11.3 Å². The van der Waals surface area contributed by atoms with Gasteiger partial charge in [0.1, 0.15) is 12.4 Å². The van der Waals surface area contributed by atoms with Gasteiger partial charge in [-0.05, 0) is 38.5 Å². The minimum absolute atomic E-state index is 0.0179. The molecule has 2 aliphatic heterocycles. The van der Waals surface area contributed by atoms with Crippen LogP contribution in [-0.2, 0) is 16.1 Å². The van der Waals surface area contributed by atoms with Crippen LogP contribution in [0.15, 0.2) is 54.6 Å². The van der Waals surface area contributed by atoms with Gasteiger partial charge in [0, 0.05) is 49.4 Å². The highest BCUT2D eigenvalue weighted by molar-refractivity contribution is 5.99. The molecule has 0 radical (unpaired) electrons. The normalized spacial score (nSPS) is 18.3. The fourth-order valence-corrected chi connectivity index (χ4v) is 4.90. The summed E-state index contributed by atoms with van der Waals surface area (Å²) in [5.74, 6) is 0.657. The van der Waals surface area contributed by atoms with Crippen molar-refractivity contribution in [2.45, 2.75) is 39.8 Å². The number of fused-ring (bicyclic) bond motifs is 1. The summed E-state index contributed by atoms with van der Waals surface area (Å²) in [6.45, 7) is 8.95. The second kappa shape index (κ2) is 8.97. The Labute approximate surface area is 200 Å². The molecule has 0 unspecified atom stereocenters. The summed E-state index contributed by atoms with van der Waals surface area (Å²) in [5.41, 5.74) is 5.44. The first kappa shape index (κ1) is 22.2. The Hall–Kier alpha value is -3.61. The number of rotatable bonds is 4. The van der Waals surface area contributed by atoms with Crippen molar-refractivity contribution in [3.05, 3.63) is 65.7 Å². The molecule has 7 nitrogen and oxygen atoms in total. The zero-order valence-electron chi connectivity index (χ0n) is 20.1. The van der Waals surface area contributed by atoms with Crippen LogP contribution >= 0.6 is 0 Å². The standard InChI is InChI=1S/C27H31N5O2/c1-19-7-9-22(10-8-19)24-16-25-31(26(33)11-12-32(25)28-24)18-27(34)29-13-14-30(21(3)17-29)23-6-4-5-20(2)15-23/h4-10,15-16,21H,11-14,17-18H2,1-3H3/t21-/m1/s1. The smallest absolute Gasteiger partial charge is 0.242 e. The predicted molar refractivity (Wildman–Crippen MR) is 134 cm³/mol. The van der Waals surface area contributed by atoms with Gasteiger partial charge in [0.25, 0.3) is 0 Å². The van der Waals surface area contributed by atoms with E-state index in [0.29, 0.717) is 31.9 Å². The second-order valence-electron chi connectivity index (χ2n) is 9.43. The number of benzene rings is 2. The Morgan fingerprint density at radius 3 is 2.53 bits per heavy atom. The topological polar surface area (TPSA) is 61.7 Å². The van der Waals surface area contributed by atoms with Gasteiger partial charge in [-0.2, -0.15) is 5.10 Å². The number of aryl methyl sites for hydroxylation is 3. The van der Waals surface area contributed by atoms with E-state index in [-0.39, 0.29) is 24.4 Å². The van der Waals surface area contributed by atoms with Gasteiger partial charge >= 0.3 is 0 Å². The van der Waals surface area contributed by atoms with E-state index in [1.807, 2.05) is 27.8 Å².